The standard InChI is InChI=1S/C7H8INO3S/c1-9(13(10,11)12)7-5-3-2-4-6(7)8/h2-5H,1H3,(H,10,11,12). The highest BCUT2D eigenvalue weighted by atomic mass is 127. The van der Waals surface area contributed by atoms with Gasteiger partial charge in [0.15, 0.2) is 0 Å². The lowest BCUT2D eigenvalue weighted by atomic mass is 10.3. The van der Waals surface area contributed by atoms with Crippen LogP contribution in [0.4, 0.5) is 5.69 Å². The molecule has 0 bridgehead atoms. The highest BCUT2D eigenvalue weighted by Crippen LogP contribution is 2.22. The van der Waals surface area contributed by atoms with E-state index in [1.165, 1.54) is 7.05 Å². The Balaban J connectivity index is 3.17. The van der Waals surface area contributed by atoms with Gasteiger partial charge >= 0.3 is 10.3 Å². The molecule has 0 aliphatic heterocycles. The molecule has 6 heteroatoms. The summed E-state index contributed by atoms with van der Waals surface area (Å²) >= 11 is 2.00. The molecule has 1 N–H and O–H groups in total. The molecule has 0 atom stereocenters. The molecular weight excluding hydrogens is 305 g/mol. The van der Waals surface area contributed by atoms with Crippen LogP contribution in [0, 0.1) is 3.57 Å². The largest absolute Gasteiger partial charge is 0.359 e. The Hall–Kier alpha value is -0.340. The van der Waals surface area contributed by atoms with Crippen LogP contribution in [0.15, 0.2) is 24.3 Å². The number of nitrogens with zero attached hydrogens (tertiary/aromatic N) is 1. The molecule has 0 saturated heterocycles. The molecule has 0 aliphatic rings. The van der Waals surface area contributed by atoms with E-state index in [1.807, 2.05) is 22.6 Å². The van der Waals surface area contributed by atoms with Crippen LogP contribution < -0.4 is 4.31 Å². The third-order valence-corrected chi connectivity index (χ3v) is 3.34. The highest BCUT2D eigenvalue weighted by Gasteiger charge is 2.15. The van der Waals surface area contributed by atoms with Crippen LogP contribution in [0.5, 0.6) is 0 Å². The third-order valence-electron chi connectivity index (χ3n) is 1.54. The molecule has 0 aromatic heterocycles. The Morgan fingerprint density at radius 3 is 2.38 bits per heavy atom. The van der Waals surface area contributed by atoms with Gasteiger partial charge in [-0.15, -0.1) is 0 Å². The van der Waals surface area contributed by atoms with Crippen LogP contribution in [0.2, 0.25) is 0 Å². The number of halogens is 1. The summed E-state index contributed by atoms with van der Waals surface area (Å²) in [6.07, 6.45) is 0. The van der Waals surface area contributed by atoms with Crippen LogP contribution in [-0.4, -0.2) is 20.0 Å². The Kier molecular flexibility index (Phi) is 3.14. The second kappa shape index (κ2) is 3.81. The number of rotatable bonds is 2. The molecule has 0 aliphatic carbocycles. The Morgan fingerprint density at radius 1 is 1.38 bits per heavy atom. The van der Waals surface area contributed by atoms with Crippen LogP contribution >= 0.6 is 22.6 Å². The van der Waals surface area contributed by atoms with E-state index in [0.29, 0.717) is 5.69 Å². The lowest BCUT2D eigenvalue weighted by molar-refractivity contribution is 0.481. The monoisotopic (exact) mass is 313 g/mol. The van der Waals surface area contributed by atoms with Crippen LogP contribution in [0.3, 0.4) is 0 Å². The summed E-state index contributed by atoms with van der Waals surface area (Å²) in [5, 5.41) is 0. The smallest absolute Gasteiger partial charge is 0.269 e. The van der Waals surface area contributed by atoms with Gasteiger partial charge in [0.05, 0.1) is 5.69 Å². The summed E-state index contributed by atoms with van der Waals surface area (Å²) < 4.78 is 31.9. The predicted octanol–water partition coefficient (Wildman–Crippen LogP) is 1.53. The van der Waals surface area contributed by atoms with Gasteiger partial charge in [-0.1, -0.05) is 12.1 Å². The van der Waals surface area contributed by atoms with E-state index in [2.05, 4.69) is 0 Å². The van der Waals surface area contributed by atoms with Gasteiger partial charge in [-0.2, -0.15) is 8.42 Å². The minimum atomic E-state index is -4.15. The Labute approximate surface area is 90.6 Å². The molecule has 1 aromatic rings. The van der Waals surface area contributed by atoms with Gasteiger partial charge in [0.25, 0.3) is 0 Å². The van der Waals surface area contributed by atoms with E-state index in [9.17, 15) is 8.42 Å². The van der Waals surface area contributed by atoms with Gasteiger partial charge in [-0.3, -0.25) is 4.55 Å². The first-order valence-electron chi connectivity index (χ1n) is 3.39. The summed E-state index contributed by atoms with van der Waals surface area (Å²) in [5.74, 6) is 0. The third kappa shape index (κ3) is 2.55. The second-order valence-corrected chi connectivity index (χ2v) is 5.00. The Morgan fingerprint density at radius 2 is 1.92 bits per heavy atom. The predicted molar refractivity (Wildman–Crippen MR) is 59.1 cm³/mol. The molecule has 0 saturated carbocycles. The normalized spacial score (nSPS) is 11.3. The van der Waals surface area contributed by atoms with Crippen LogP contribution in [0.1, 0.15) is 0 Å². The fourth-order valence-corrected chi connectivity index (χ4v) is 2.15. The minimum absolute atomic E-state index is 0.464. The van der Waals surface area contributed by atoms with Gasteiger partial charge in [0.2, 0.25) is 0 Å². The van der Waals surface area contributed by atoms with E-state index < -0.39 is 10.3 Å². The SMILES string of the molecule is CN(c1ccccc1I)S(=O)(=O)O. The number of hydrogen-bond acceptors (Lipinski definition) is 2. The molecule has 0 radical (unpaired) electrons. The highest BCUT2D eigenvalue weighted by molar-refractivity contribution is 14.1. The quantitative estimate of drug-likeness (QED) is 0.665. The van der Waals surface area contributed by atoms with Gasteiger partial charge in [0, 0.05) is 10.6 Å². The zero-order valence-corrected chi connectivity index (χ0v) is 9.78. The van der Waals surface area contributed by atoms with Crippen molar-refractivity contribution in [1.82, 2.24) is 0 Å². The van der Waals surface area contributed by atoms with Crippen LogP contribution in [0.25, 0.3) is 0 Å². The minimum Gasteiger partial charge on any atom is -0.269 e. The van der Waals surface area contributed by atoms with E-state index >= 15 is 0 Å². The number of anilines is 1. The molecular formula is C7H8INO3S. The van der Waals surface area contributed by atoms with Gasteiger partial charge in [-0.05, 0) is 34.7 Å². The van der Waals surface area contributed by atoms with Crippen molar-refractivity contribution in [2.75, 3.05) is 11.4 Å². The molecule has 13 heavy (non-hydrogen) atoms. The van der Waals surface area contributed by atoms with Gasteiger partial charge in [0.1, 0.15) is 0 Å². The fourth-order valence-electron chi connectivity index (χ4n) is 0.831. The molecule has 0 amide bonds. The van der Waals surface area contributed by atoms with Gasteiger partial charge < -0.3 is 0 Å². The lowest BCUT2D eigenvalue weighted by Crippen LogP contribution is -2.25. The molecule has 0 heterocycles. The molecule has 0 spiro atoms. The van der Waals surface area contributed by atoms with E-state index in [1.54, 1.807) is 24.3 Å². The molecule has 1 aromatic carbocycles. The maximum Gasteiger partial charge on any atom is 0.359 e. The van der Waals surface area contributed by atoms with E-state index in [0.717, 1.165) is 7.88 Å². The second-order valence-electron chi connectivity index (χ2n) is 2.40. The average molecular weight is 313 g/mol. The van der Waals surface area contributed by atoms with Crippen molar-refractivity contribution < 1.29 is 13.0 Å². The van der Waals surface area contributed by atoms with E-state index in [-0.39, 0.29) is 0 Å². The summed E-state index contributed by atoms with van der Waals surface area (Å²) in [5.41, 5.74) is 0.464. The molecule has 1 rings (SSSR count). The number of benzene rings is 1. The maximum atomic E-state index is 10.8. The van der Waals surface area contributed by atoms with Crippen molar-refractivity contribution >= 4 is 38.6 Å². The lowest BCUT2D eigenvalue weighted by Gasteiger charge is -2.15. The molecule has 72 valence electrons. The molecule has 4 nitrogen and oxygen atoms in total. The number of para-hydroxylation sites is 1. The van der Waals surface area contributed by atoms with Crippen molar-refractivity contribution in [3.8, 4) is 0 Å². The first-order chi connectivity index (χ1) is 5.93. The van der Waals surface area contributed by atoms with Crippen molar-refractivity contribution in [1.29, 1.82) is 0 Å². The maximum absolute atomic E-state index is 10.8. The van der Waals surface area contributed by atoms with Gasteiger partial charge in [-0.25, -0.2) is 4.31 Å². The van der Waals surface area contributed by atoms with Crippen molar-refractivity contribution in [3.05, 3.63) is 27.8 Å². The summed E-state index contributed by atoms with van der Waals surface area (Å²) in [4.78, 5) is 0. The summed E-state index contributed by atoms with van der Waals surface area (Å²) in [6, 6.07) is 6.88. The van der Waals surface area contributed by atoms with Crippen LogP contribution in [-0.2, 0) is 10.3 Å². The first-order valence-corrected chi connectivity index (χ1v) is 5.86. The molecule has 0 fully saturated rings. The van der Waals surface area contributed by atoms with Crippen molar-refractivity contribution in [2.24, 2.45) is 0 Å². The zero-order chi connectivity index (χ0) is 10.1. The van der Waals surface area contributed by atoms with Crippen molar-refractivity contribution in [2.45, 2.75) is 0 Å². The zero-order valence-electron chi connectivity index (χ0n) is 6.81. The van der Waals surface area contributed by atoms with E-state index in [4.69, 9.17) is 4.55 Å². The first kappa shape index (κ1) is 10.7. The summed E-state index contributed by atoms with van der Waals surface area (Å²) in [6.45, 7) is 0. The number of hydrogen-bond donors (Lipinski definition) is 1. The topological polar surface area (TPSA) is 57.6 Å². The Bertz CT molecular complexity index is 404. The summed E-state index contributed by atoms with van der Waals surface area (Å²) in [7, 11) is -2.85. The fraction of sp³-hybridized carbons (Fsp3) is 0.143. The molecule has 0 unspecified atom stereocenters. The van der Waals surface area contributed by atoms with Crippen molar-refractivity contribution in [3.63, 3.8) is 0 Å². The average Bonchev–Trinajstić information content (AvgIpc) is 2.02.